The maximum Gasteiger partial charge on any atom is 0.292 e. The molecule has 2 aromatic carbocycles. The molecule has 0 aliphatic carbocycles. The molecular weight excluding hydrogens is 468 g/mol. The van der Waals surface area contributed by atoms with Crippen LogP contribution in [0.2, 0.25) is 5.02 Å². The number of carbonyl (C=O) groups excluding carboxylic acids is 1. The van der Waals surface area contributed by atoms with Gasteiger partial charge in [-0.25, -0.2) is 0 Å². The molecule has 0 radical (unpaired) electrons. The van der Waals surface area contributed by atoms with Gasteiger partial charge in [-0.05, 0) is 25.1 Å². The number of piperazine rings is 1. The Balaban J connectivity index is 1.34. The molecule has 0 N–H and O–H groups in total. The van der Waals surface area contributed by atoms with Crippen LogP contribution in [0.4, 0.5) is 5.69 Å². The first-order valence-corrected chi connectivity index (χ1v) is 11.9. The first kappa shape index (κ1) is 23.1. The van der Waals surface area contributed by atoms with E-state index in [2.05, 4.69) is 5.10 Å². The van der Waals surface area contributed by atoms with E-state index in [1.807, 2.05) is 54.3 Å². The highest BCUT2D eigenvalue weighted by molar-refractivity contribution is 6.33. The number of fused-ring (bicyclic) bond motifs is 1. The summed E-state index contributed by atoms with van der Waals surface area (Å²) in [4.78, 5) is 30.0. The van der Waals surface area contributed by atoms with Gasteiger partial charge in [-0.3, -0.25) is 9.59 Å². The van der Waals surface area contributed by atoms with Crippen molar-refractivity contribution in [2.75, 3.05) is 37.7 Å². The van der Waals surface area contributed by atoms with Gasteiger partial charge in [-0.2, -0.15) is 9.78 Å². The maximum absolute atomic E-state index is 13.4. The van der Waals surface area contributed by atoms with Crippen LogP contribution in [-0.2, 0) is 11.3 Å². The number of nitrogens with zero attached hydrogens (tertiary/aromatic N) is 4. The molecule has 1 amide bonds. The van der Waals surface area contributed by atoms with Crippen molar-refractivity contribution in [1.82, 2.24) is 14.7 Å². The Bertz CT molecular complexity index is 1410. The third-order valence-corrected chi connectivity index (χ3v) is 6.51. The second-order valence-corrected chi connectivity index (χ2v) is 8.60. The molecule has 0 saturated carbocycles. The Morgan fingerprint density at radius 2 is 1.77 bits per heavy atom. The minimum absolute atomic E-state index is 0.111. The van der Waals surface area contributed by atoms with E-state index in [-0.39, 0.29) is 16.5 Å². The van der Waals surface area contributed by atoms with E-state index in [9.17, 15) is 9.59 Å². The number of carbonyl (C=O) groups is 1. The molecule has 1 aliphatic rings. The molecule has 3 heterocycles. The number of rotatable bonds is 6. The van der Waals surface area contributed by atoms with Crippen molar-refractivity contribution in [1.29, 1.82) is 0 Å². The average Bonchev–Trinajstić information content (AvgIpc) is 3.27. The number of aromatic nitrogens is 2. The number of anilines is 1. The number of hydrogen-bond donors (Lipinski definition) is 0. The predicted molar refractivity (Wildman–Crippen MR) is 135 cm³/mol. The van der Waals surface area contributed by atoms with Crippen LogP contribution < -0.4 is 10.5 Å². The van der Waals surface area contributed by atoms with Crippen LogP contribution in [0.15, 0.2) is 70.0 Å². The van der Waals surface area contributed by atoms with E-state index in [4.69, 9.17) is 20.8 Å². The van der Waals surface area contributed by atoms with Gasteiger partial charge in [0, 0.05) is 43.7 Å². The van der Waals surface area contributed by atoms with Crippen LogP contribution in [0, 0.1) is 0 Å². The highest BCUT2D eigenvalue weighted by Crippen LogP contribution is 2.29. The van der Waals surface area contributed by atoms with E-state index in [0.717, 1.165) is 10.9 Å². The molecule has 2 aromatic heterocycles. The highest BCUT2D eigenvalue weighted by Gasteiger charge is 2.29. The lowest BCUT2D eigenvalue weighted by atomic mass is 10.1. The topological polar surface area (TPSA) is 80.8 Å². The minimum atomic E-state index is -0.378. The molecule has 1 aliphatic heterocycles. The quantitative estimate of drug-likeness (QED) is 0.402. The Hall–Kier alpha value is -3.62. The van der Waals surface area contributed by atoms with Crippen LogP contribution in [-0.4, -0.2) is 53.4 Å². The van der Waals surface area contributed by atoms with Gasteiger partial charge in [0.15, 0.2) is 5.76 Å². The number of amides is 1. The number of benzene rings is 2. The van der Waals surface area contributed by atoms with Crippen LogP contribution in [0.5, 0.6) is 0 Å². The standard InChI is InChI=1S/C26H25ClN4O4/c1-2-34-17-20-19-10-6-7-11-22(19)35-24(20)26(33)30-14-12-29(13-15-30)21-16-28-31(25(32)23(21)27)18-8-4-3-5-9-18/h3-11,16H,2,12-15,17H2,1H3. The monoisotopic (exact) mass is 492 g/mol. The summed E-state index contributed by atoms with van der Waals surface area (Å²) < 4.78 is 12.9. The van der Waals surface area contributed by atoms with E-state index in [1.165, 1.54) is 4.68 Å². The summed E-state index contributed by atoms with van der Waals surface area (Å²) in [5.41, 5.74) is 2.27. The SMILES string of the molecule is CCOCc1c(C(=O)N2CCN(c3cnn(-c4ccccc4)c(=O)c3Cl)CC2)oc2ccccc12. The summed E-state index contributed by atoms with van der Waals surface area (Å²) in [6.45, 7) is 4.73. The van der Waals surface area contributed by atoms with Crippen LogP contribution in [0.3, 0.4) is 0 Å². The fraction of sp³-hybridized carbons (Fsp3) is 0.269. The van der Waals surface area contributed by atoms with E-state index < -0.39 is 0 Å². The molecule has 9 heteroatoms. The van der Waals surface area contributed by atoms with Crippen LogP contribution >= 0.6 is 11.6 Å². The lowest BCUT2D eigenvalue weighted by Crippen LogP contribution is -2.49. The first-order chi connectivity index (χ1) is 17.1. The van der Waals surface area contributed by atoms with Crippen molar-refractivity contribution in [3.05, 3.63) is 87.5 Å². The zero-order valence-electron chi connectivity index (χ0n) is 19.3. The molecule has 0 unspecified atom stereocenters. The van der Waals surface area contributed by atoms with Crippen LogP contribution in [0.25, 0.3) is 16.7 Å². The Morgan fingerprint density at radius 3 is 2.51 bits per heavy atom. The summed E-state index contributed by atoms with van der Waals surface area (Å²) in [6.07, 6.45) is 1.60. The second-order valence-electron chi connectivity index (χ2n) is 8.22. The highest BCUT2D eigenvalue weighted by atomic mass is 35.5. The van der Waals surface area contributed by atoms with Crippen molar-refractivity contribution in [2.45, 2.75) is 13.5 Å². The summed E-state index contributed by atoms with van der Waals surface area (Å²) >= 11 is 6.47. The van der Waals surface area contributed by atoms with Gasteiger partial charge in [0.05, 0.1) is 24.2 Å². The van der Waals surface area contributed by atoms with E-state index >= 15 is 0 Å². The van der Waals surface area contributed by atoms with Gasteiger partial charge in [-0.1, -0.05) is 48.0 Å². The molecule has 4 aromatic rings. The van der Waals surface area contributed by atoms with Crippen molar-refractivity contribution < 1.29 is 13.9 Å². The van der Waals surface area contributed by atoms with Gasteiger partial charge >= 0.3 is 0 Å². The zero-order chi connectivity index (χ0) is 24.4. The van der Waals surface area contributed by atoms with Gasteiger partial charge in [-0.15, -0.1) is 0 Å². The molecule has 1 fully saturated rings. The molecule has 0 bridgehead atoms. The summed E-state index contributed by atoms with van der Waals surface area (Å²) in [5, 5.41) is 5.32. The molecule has 0 spiro atoms. The van der Waals surface area contributed by atoms with E-state index in [0.29, 0.717) is 62.1 Å². The average molecular weight is 493 g/mol. The lowest BCUT2D eigenvalue weighted by Gasteiger charge is -2.35. The van der Waals surface area contributed by atoms with Crippen molar-refractivity contribution >= 4 is 34.2 Å². The Kier molecular flexibility index (Phi) is 6.57. The largest absolute Gasteiger partial charge is 0.451 e. The molecule has 8 nitrogen and oxygen atoms in total. The third-order valence-electron chi connectivity index (χ3n) is 6.15. The maximum atomic E-state index is 13.4. The molecule has 5 rings (SSSR count). The number of hydrogen-bond acceptors (Lipinski definition) is 6. The van der Waals surface area contributed by atoms with Gasteiger partial charge < -0.3 is 19.0 Å². The number of para-hydroxylation sites is 2. The zero-order valence-corrected chi connectivity index (χ0v) is 20.1. The molecule has 35 heavy (non-hydrogen) atoms. The summed E-state index contributed by atoms with van der Waals surface area (Å²) in [7, 11) is 0. The van der Waals surface area contributed by atoms with Crippen LogP contribution in [0.1, 0.15) is 23.0 Å². The van der Waals surface area contributed by atoms with Crippen molar-refractivity contribution in [3.63, 3.8) is 0 Å². The molecule has 0 atom stereocenters. The molecule has 180 valence electrons. The first-order valence-electron chi connectivity index (χ1n) is 11.5. The summed E-state index contributed by atoms with van der Waals surface area (Å²) in [6, 6.07) is 16.7. The normalized spacial score (nSPS) is 14.0. The minimum Gasteiger partial charge on any atom is -0.451 e. The van der Waals surface area contributed by atoms with Crippen molar-refractivity contribution in [3.8, 4) is 5.69 Å². The fourth-order valence-corrected chi connectivity index (χ4v) is 4.56. The smallest absolute Gasteiger partial charge is 0.292 e. The summed E-state index contributed by atoms with van der Waals surface area (Å²) in [5.74, 6) is 0.150. The Morgan fingerprint density at radius 1 is 1.06 bits per heavy atom. The number of ether oxygens (including phenoxy) is 1. The fourth-order valence-electron chi connectivity index (χ4n) is 4.31. The Labute approximate surface area is 207 Å². The van der Waals surface area contributed by atoms with E-state index in [1.54, 1.807) is 23.2 Å². The number of halogens is 1. The lowest BCUT2D eigenvalue weighted by molar-refractivity contribution is 0.0706. The molecule has 1 saturated heterocycles. The predicted octanol–water partition coefficient (Wildman–Crippen LogP) is 4.13. The number of furan rings is 1. The molecular formula is C26H25ClN4O4. The van der Waals surface area contributed by atoms with Gasteiger partial charge in [0.1, 0.15) is 10.6 Å². The van der Waals surface area contributed by atoms with Gasteiger partial charge in [0.25, 0.3) is 11.5 Å². The van der Waals surface area contributed by atoms with Crippen molar-refractivity contribution in [2.24, 2.45) is 0 Å². The van der Waals surface area contributed by atoms with Gasteiger partial charge in [0.2, 0.25) is 0 Å². The second kappa shape index (κ2) is 9.93. The third kappa shape index (κ3) is 4.42.